The first kappa shape index (κ1) is 22.2. The van der Waals surface area contributed by atoms with Crippen LogP contribution in [0.1, 0.15) is 47.4 Å². The van der Waals surface area contributed by atoms with Crippen molar-refractivity contribution in [3.8, 4) is 0 Å². The third kappa shape index (κ3) is 5.75. The number of nitrogens with zero attached hydrogens (tertiary/aromatic N) is 3. The predicted molar refractivity (Wildman–Crippen MR) is 121 cm³/mol. The van der Waals surface area contributed by atoms with Crippen molar-refractivity contribution in [2.75, 3.05) is 0 Å². The average molecular weight is 469 g/mol. The second kappa shape index (κ2) is 9.98. The van der Waals surface area contributed by atoms with E-state index < -0.39 is 0 Å². The lowest BCUT2D eigenvalue weighted by Gasteiger charge is -2.19. The molecule has 0 saturated carbocycles. The van der Waals surface area contributed by atoms with Crippen LogP contribution in [0.2, 0.25) is 10.0 Å². The smallest absolute Gasteiger partial charge is 0.261 e. The van der Waals surface area contributed by atoms with Crippen LogP contribution in [0, 0.1) is 5.92 Å². The molecule has 0 radical (unpaired) electrons. The van der Waals surface area contributed by atoms with Crippen molar-refractivity contribution in [3.05, 3.63) is 62.0 Å². The molecule has 1 N–H and O–H groups in total. The molecular weight excluding hydrogens is 447 g/mol. The minimum absolute atomic E-state index is 0.0846. The molecule has 0 aliphatic carbocycles. The number of thioether (sulfide) groups is 1. The first-order valence-corrected chi connectivity index (χ1v) is 11.8. The van der Waals surface area contributed by atoms with E-state index in [1.807, 2.05) is 41.3 Å². The van der Waals surface area contributed by atoms with Gasteiger partial charge in [-0.15, -0.1) is 21.5 Å². The maximum Gasteiger partial charge on any atom is 0.261 e. The molecule has 0 aliphatic rings. The molecule has 0 aliphatic heterocycles. The molecule has 2 heterocycles. The molecule has 0 unspecified atom stereocenters. The van der Waals surface area contributed by atoms with Crippen molar-refractivity contribution in [2.45, 2.75) is 37.2 Å². The van der Waals surface area contributed by atoms with Gasteiger partial charge in [-0.05, 0) is 41.5 Å². The fourth-order valence-corrected chi connectivity index (χ4v) is 4.68. The second-order valence-electron chi connectivity index (χ2n) is 7.07. The maximum atomic E-state index is 12.6. The van der Waals surface area contributed by atoms with Crippen LogP contribution < -0.4 is 5.32 Å². The molecule has 9 heteroatoms. The van der Waals surface area contributed by atoms with Crippen molar-refractivity contribution in [2.24, 2.45) is 13.0 Å². The van der Waals surface area contributed by atoms with Gasteiger partial charge in [-0.3, -0.25) is 4.79 Å². The van der Waals surface area contributed by atoms with E-state index in [9.17, 15) is 4.79 Å². The summed E-state index contributed by atoms with van der Waals surface area (Å²) in [6, 6.07) is 9.08. The number of carbonyl (C=O) groups is 1. The normalized spacial score (nSPS) is 12.3. The van der Waals surface area contributed by atoms with Crippen LogP contribution in [-0.4, -0.2) is 20.7 Å². The van der Waals surface area contributed by atoms with Crippen molar-refractivity contribution < 1.29 is 4.79 Å². The minimum Gasteiger partial charge on any atom is -0.341 e. The molecule has 154 valence electrons. The largest absolute Gasteiger partial charge is 0.341 e. The summed E-state index contributed by atoms with van der Waals surface area (Å²) in [7, 11) is 1.93. The highest BCUT2D eigenvalue weighted by Crippen LogP contribution is 2.29. The molecule has 0 bridgehead atoms. The summed E-state index contributed by atoms with van der Waals surface area (Å²) in [6.07, 6.45) is 0.778. The predicted octanol–water partition coefficient (Wildman–Crippen LogP) is 5.99. The SMILES string of the molecule is CC(C)C[C@H](NC(=O)c1cccs1)c1nnc(SCc2ccc(Cl)c(Cl)c2)n1C. The Balaban J connectivity index is 1.74. The van der Waals surface area contributed by atoms with Gasteiger partial charge in [0.1, 0.15) is 0 Å². The highest BCUT2D eigenvalue weighted by molar-refractivity contribution is 7.98. The zero-order chi connectivity index (χ0) is 21.0. The van der Waals surface area contributed by atoms with E-state index in [0.717, 1.165) is 23.0 Å². The lowest BCUT2D eigenvalue weighted by Crippen LogP contribution is -2.30. The van der Waals surface area contributed by atoms with Crippen molar-refractivity contribution in [1.29, 1.82) is 0 Å². The molecule has 3 aromatic rings. The number of halogens is 2. The molecule has 0 saturated heterocycles. The highest BCUT2D eigenvalue weighted by atomic mass is 35.5. The summed E-state index contributed by atoms with van der Waals surface area (Å²) in [4.78, 5) is 13.3. The summed E-state index contributed by atoms with van der Waals surface area (Å²) in [5.74, 6) is 1.76. The maximum absolute atomic E-state index is 12.6. The lowest BCUT2D eigenvalue weighted by molar-refractivity contribution is 0.0933. The van der Waals surface area contributed by atoms with E-state index >= 15 is 0 Å². The number of nitrogens with one attached hydrogen (secondary N) is 1. The van der Waals surface area contributed by atoms with Gasteiger partial charge in [0.25, 0.3) is 5.91 Å². The standard InChI is InChI=1S/C20H22Cl2N4OS2/c1-12(2)9-16(23-19(27)17-5-4-8-28-17)18-24-25-20(26(18)3)29-11-13-6-7-14(21)15(22)10-13/h4-8,10,12,16H,9,11H2,1-3H3,(H,23,27)/t16-/m0/s1. The Morgan fingerprint density at radius 1 is 1.24 bits per heavy atom. The van der Waals surface area contributed by atoms with Crippen LogP contribution in [-0.2, 0) is 12.8 Å². The van der Waals surface area contributed by atoms with Gasteiger partial charge in [0, 0.05) is 12.8 Å². The molecule has 0 fully saturated rings. The highest BCUT2D eigenvalue weighted by Gasteiger charge is 2.23. The summed E-state index contributed by atoms with van der Waals surface area (Å²) in [5.41, 5.74) is 1.05. The zero-order valence-electron chi connectivity index (χ0n) is 16.4. The van der Waals surface area contributed by atoms with Crippen LogP contribution in [0.4, 0.5) is 0 Å². The van der Waals surface area contributed by atoms with Gasteiger partial charge in [0.2, 0.25) is 0 Å². The molecule has 0 spiro atoms. The molecule has 29 heavy (non-hydrogen) atoms. The number of rotatable bonds is 8. The number of benzene rings is 1. The molecule has 1 amide bonds. The number of carbonyl (C=O) groups excluding carboxylic acids is 1. The number of hydrogen-bond donors (Lipinski definition) is 1. The van der Waals surface area contributed by atoms with Gasteiger partial charge in [0.15, 0.2) is 11.0 Å². The van der Waals surface area contributed by atoms with Gasteiger partial charge in [-0.2, -0.15) is 0 Å². The van der Waals surface area contributed by atoms with Crippen LogP contribution >= 0.6 is 46.3 Å². The molecule has 5 nitrogen and oxygen atoms in total. The zero-order valence-corrected chi connectivity index (χ0v) is 19.5. The van der Waals surface area contributed by atoms with Crippen LogP contribution in [0.3, 0.4) is 0 Å². The van der Waals surface area contributed by atoms with Crippen molar-refractivity contribution in [1.82, 2.24) is 20.1 Å². The summed E-state index contributed by atoms with van der Waals surface area (Å²) in [5, 5.41) is 15.6. The molecule has 1 atom stereocenters. The fourth-order valence-electron chi connectivity index (χ4n) is 2.87. The lowest BCUT2D eigenvalue weighted by atomic mass is 10.0. The molecule has 2 aromatic heterocycles. The van der Waals surface area contributed by atoms with Gasteiger partial charge < -0.3 is 9.88 Å². The van der Waals surface area contributed by atoms with Crippen molar-refractivity contribution in [3.63, 3.8) is 0 Å². The number of thiophene rings is 1. The summed E-state index contributed by atoms with van der Waals surface area (Å²) in [6.45, 7) is 4.25. The van der Waals surface area contributed by atoms with Crippen LogP contribution in [0.15, 0.2) is 40.9 Å². The third-order valence-corrected chi connectivity index (χ3v) is 6.99. The number of aromatic nitrogens is 3. The molecule has 1 aromatic carbocycles. The van der Waals surface area contributed by atoms with Crippen LogP contribution in [0.25, 0.3) is 0 Å². The summed E-state index contributed by atoms with van der Waals surface area (Å²) < 4.78 is 1.95. The number of hydrogen-bond acceptors (Lipinski definition) is 5. The van der Waals surface area contributed by atoms with E-state index in [-0.39, 0.29) is 11.9 Å². The third-order valence-electron chi connectivity index (χ3n) is 4.29. The number of amides is 1. The fraction of sp³-hybridized carbons (Fsp3) is 0.350. The summed E-state index contributed by atoms with van der Waals surface area (Å²) >= 11 is 15.1. The van der Waals surface area contributed by atoms with E-state index in [0.29, 0.717) is 26.6 Å². The topological polar surface area (TPSA) is 59.8 Å². The Kier molecular flexibility index (Phi) is 7.62. The van der Waals surface area contributed by atoms with E-state index in [2.05, 4.69) is 29.4 Å². The van der Waals surface area contributed by atoms with Gasteiger partial charge in [0.05, 0.1) is 21.0 Å². The van der Waals surface area contributed by atoms with Gasteiger partial charge in [-0.1, -0.05) is 60.9 Å². The Morgan fingerprint density at radius 2 is 2.03 bits per heavy atom. The van der Waals surface area contributed by atoms with Crippen LogP contribution in [0.5, 0.6) is 0 Å². The van der Waals surface area contributed by atoms with E-state index in [4.69, 9.17) is 23.2 Å². The quantitative estimate of drug-likeness (QED) is 0.412. The Morgan fingerprint density at radius 3 is 2.69 bits per heavy atom. The average Bonchev–Trinajstić information content (AvgIpc) is 3.32. The van der Waals surface area contributed by atoms with Gasteiger partial charge >= 0.3 is 0 Å². The molecular formula is C20H22Cl2N4OS2. The molecule has 3 rings (SSSR count). The monoisotopic (exact) mass is 468 g/mol. The van der Waals surface area contributed by atoms with E-state index in [1.54, 1.807) is 17.8 Å². The first-order valence-electron chi connectivity index (χ1n) is 9.15. The van der Waals surface area contributed by atoms with Gasteiger partial charge in [-0.25, -0.2) is 0 Å². The minimum atomic E-state index is -0.207. The van der Waals surface area contributed by atoms with Crippen molar-refractivity contribution >= 4 is 52.2 Å². The Hall–Kier alpha value is -1.54. The Labute approximate surface area is 188 Å². The van der Waals surface area contributed by atoms with E-state index in [1.165, 1.54) is 11.3 Å². The first-order chi connectivity index (χ1) is 13.8. The Bertz CT molecular complexity index is 973. The second-order valence-corrected chi connectivity index (χ2v) is 9.77.